The molecule has 1 heterocycles. The number of rotatable bonds is 8. The van der Waals surface area contributed by atoms with Crippen LogP contribution in [0.2, 0.25) is 0 Å². The molecule has 0 aliphatic carbocycles. The van der Waals surface area contributed by atoms with E-state index in [-0.39, 0.29) is 0 Å². The Morgan fingerprint density at radius 1 is 0.933 bits per heavy atom. The van der Waals surface area contributed by atoms with Gasteiger partial charge in [-0.3, -0.25) is 4.90 Å². The first kappa shape index (κ1) is 23.3. The monoisotopic (exact) mass is 416 g/mol. The number of ether oxygens (including phenoxy) is 2. The summed E-state index contributed by atoms with van der Waals surface area (Å²) in [5.74, 6) is -2.70. The van der Waals surface area contributed by atoms with Crippen molar-refractivity contribution in [2.24, 2.45) is 0 Å². The molecular weight excluding hydrogens is 388 g/mol. The first-order valence-electron chi connectivity index (χ1n) is 9.82. The molecule has 1 saturated heterocycles. The van der Waals surface area contributed by atoms with Gasteiger partial charge in [0.1, 0.15) is 12.4 Å². The van der Waals surface area contributed by atoms with Crippen LogP contribution in [0.3, 0.4) is 0 Å². The summed E-state index contributed by atoms with van der Waals surface area (Å²) >= 11 is 0. The van der Waals surface area contributed by atoms with Crippen LogP contribution < -0.4 is 10.1 Å². The molecule has 1 fully saturated rings. The van der Waals surface area contributed by atoms with Gasteiger partial charge in [-0.1, -0.05) is 48.5 Å². The average molecular weight is 416 g/mol. The zero-order valence-electron chi connectivity index (χ0n) is 16.8. The van der Waals surface area contributed by atoms with Gasteiger partial charge >= 0.3 is 11.9 Å². The van der Waals surface area contributed by atoms with E-state index in [2.05, 4.69) is 46.6 Å². The van der Waals surface area contributed by atoms with E-state index in [0.29, 0.717) is 6.61 Å². The highest BCUT2D eigenvalue weighted by molar-refractivity contribution is 6.27. The second-order valence-electron chi connectivity index (χ2n) is 6.52. The maximum atomic E-state index is 9.10. The van der Waals surface area contributed by atoms with E-state index >= 15 is 0 Å². The van der Waals surface area contributed by atoms with Crippen molar-refractivity contribution < 1.29 is 29.3 Å². The van der Waals surface area contributed by atoms with Crippen molar-refractivity contribution in [1.82, 2.24) is 10.2 Å². The summed E-state index contributed by atoms with van der Waals surface area (Å²) < 4.78 is 11.3. The van der Waals surface area contributed by atoms with Gasteiger partial charge in [-0.15, -0.1) is 0 Å². The number of para-hydroxylation sites is 1. The summed E-state index contributed by atoms with van der Waals surface area (Å²) in [7, 11) is 0. The summed E-state index contributed by atoms with van der Waals surface area (Å²) in [6.07, 6.45) is 0. The first-order chi connectivity index (χ1) is 14.6. The molecule has 2 aromatic rings. The van der Waals surface area contributed by atoms with Crippen LogP contribution in [0.1, 0.15) is 0 Å². The Morgan fingerprint density at radius 3 is 2.23 bits per heavy atom. The van der Waals surface area contributed by atoms with Crippen LogP contribution in [-0.4, -0.2) is 79.6 Å². The van der Waals surface area contributed by atoms with Gasteiger partial charge in [-0.05, 0) is 11.6 Å². The molecule has 0 spiro atoms. The Bertz CT molecular complexity index is 766. The van der Waals surface area contributed by atoms with Crippen LogP contribution in [0.15, 0.2) is 54.6 Å². The topological polar surface area (TPSA) is 108 Å². The third kappa shape index (κ3) is 8.60. The molecule has 0 aromatic heterocycles. The molecule has 0 radical (unpaired) electrons. The minimum atomic E-state index is -1.82. The fourth-order valence-corrected chi connectivity index (χ4v) is 2.87. The van der Waals surface area contributed by atoms with E-state index < -0.39 is 11.9 Å². The van der Waals surface area contributed by atoms with Crippen molar-refractivity contribution in [3.63, 3.8) is 0 Å². The maximum Gasteiger partial charge on any atom is 0.414 e. The molecule has 0 atom stereocenters. The summed E-state index contributed by atoms with van der Waals surface area (Å²) in [5.41, 5.74) is 2.33. The van der Waals surface area contributed by atoms with E-state index in [0.717, 1.165) is 57.3 Å². The van der Waals surface area contributed by atoms with Crippen molar-refractivity contribution >= 4 is 11.9 Å². The van der Waals surface area contributed by atoms with Crippen molar-refractivity contribution in [3.8, 4) is 16.9 Å². The Hall–Kier alpha value is -2.94. The highest BCUT2D eigenvalue weighted by Gasteiger charge is 2.09. The summed E-state index contributed by atoms with van der Waals surface area (Å²) in [6.45, 7) is 7.40. The average Bonchev–Trinajstić information content (AvgIpc) is 2.78. The fraction of sp³-hybridized carbons (Fsp3) is 0.364. The van der Waals surface area contributed by atoms with Gasteiger partial charge in [0.15, 0.2) is 0 Å². The van der Waals surface area contributed by atoms with Gasteiger partial charge in [-0.25, -0.2) is 9.59 Å². The maximum absolute atomic E-state index is 9.10. The number of aliphatic carboxylic acids is 2. The van der Waals surface area contributed by atoms with Crippen LogP contribution in [0.5, 0.6) is 5.75 Å². The molecule has 0 bridgehead atoms. The lowest BCUT2D eigenvalue weighted by molar-refractivity contribution is -0.159. The summed E-state index contributed by atoms with van der Waals surface area (Å²) in [6, 6.07) is 18.6. The standard InChI is InChI=1S/C20H26N2O2.C2H2O4/c1-2-6-18(7-3-1)19-8-4-5-9-20(19)24-15-11-21-10-12-22-13-16-23-17-14-22;3-1(4)2(5)6/h1-9,21H,10-17H2;(H,3,4)(H,5,6). The van der Waals surface area contributed by atoms with Crippen LogP contribution in [-0.2, 0) is 14.3 Å². The van der Waals surface area contributed by atoms with Gasteiger partial charge in [0, 0.05) is 38.3 Å². The third-order valence-corrected chi connectivity index (χ3v) is 4.40. The Balaban J connectivity index is 0.000000469. The van der Waals surface area contributed by atoms with Crippen LogP contribution in [0, 0.1) is 0 Å². The fourth-order valence-electron chi connectivity index (χ4n) is 2.87. The van der Waals surface area contributed by atoms with E-state index in [1.54, 1.807) is 0 Å². The lowest BCUT2D eigenvalue weighted by Gasteiger charge is -2.26. The molecule has 8 nitrogen and oxygen atoms in total. The van der Waals surface area contributed by atoms with Gasteiger partial charge in [-0.2, -0.15) is 0 Å². The van der Waals surface area contributed by atoms with E-state index in [4.69, 9.17) is 29.3 Å². The molecule has 30 heavy (non-hydrogen) atoms. The quantitative estimate of drug-likeness (QED) is 0.442. The first-order valence-corrected chi connectivity index (χ1v) is 9.82. The smallest absolute Gasteiger partial charge is 0.414 e. The van der Waals surface area contributed by atoms with E-state index in [1.807, 2.05) is 18.2 Å². The van der Waals surface area contributed by atoms with Crippen molar-refractivity contribution in [2.75, 3.05) is 52.5 Å². The number of carbonyl (C=O) groups is 2. The van der Waals surface area contributed by atoms with Gasteiger partial charge in [0.05, 0.1) is 13.2 Å². The van der Waals surface area contributed by atoms with E-state index in [1.165, 1.54) is 5.56 Å². The minimum Gasteiger partial charge on any atom is -0.492 e. The largest absolute Gasteiger partial charge is 0.492 e. The van der Waals surface area contributed by atoms with E-state index in [9.17, 15) is 0 Å². The molecule has 0 amide bonds. The Kier molecular flexibility index (Phi) is 10.4. The molecule has 2 aromatic carbocycles. The number of hydrogen-bond acceptors (Lipinski definition) is 6. The SMILES string of the molecule is O=C(O)C(=O)O.c1ccc(-c2ccccc2OCCNCCN2CCOCC2)cc1. The number of morpholine rings is 1. The minimum absolute atomic E-state index is 0.674. The highest BCUT2D eigenvalue weighted by Crippen LogP contribution is 2.29. The van der Waals surface area contributed by atoms with Crippen molar-refractivity contribution in [2.45, 2.75) is 0 Å². The molecule has 3 N–H and O–H groups in total. The molecule has 1 aliphatic rings. The number of nitrogens with one attached hydrogen (secondary N) is 1. The van der Waals surface area contributed by atoms with Gasteiger partial charge in [0.25, 0.3) is 0 Å². The molecular formula is C22H28N2O6. The Morgan fingerprint density at radius 2 is 1.57 bits per heavy atom. The predicted octanol–water partition coefficient (Wildman–Crippen LogP) is 1.81. The van der Waals surface area contributed by atoms with Gasteiger partial charge < -0.3 is 25.0 Å². The Labute approximate surface area is 176 Å². The van der Waals surface area contributed by atoms with Crippen LogP contribution in [0.4, 0.5) is 0 Å². The molecule has 1 aliphatic heterocycles. The normalized spacial score (nSPS) is 13.7. The predicted molar refractivity (Wildman–Crippen MR) is 113 cm³/mol. The number of nitrogens with zero attached hydrogens (tertiary/aromatic N) is 1. The summed E-state index contributed by atoms with van der Waals surface area (Å²) in [5, 5.41) is 18.2. The molecule has 0 unspecified atom stereocenters. The number of benzene rings is 2. The van der Waals surface area contributed by atoms with Crippen molar-refractivity contribution in [1.29, 1.82) is 0 Å². The molecule has 162 valence electrons. The summed E-state index contributed by atoms with van der Waals surface area (Å²) in [4.78, 5) is 20.6. The van der Waals surface area contributed by atoms with Crippen molar-refractivity contribution in [3.05, 3.63) is 54.6 Å². The second kappa shape index (κ2) is 13.3. The number of hydrogen-bond donors (Lipinski definition) is 3. The van der Waals surface area contributed by atoms with Crippen LogP contribution >= 0.6 is 0 Å². The second-order valence-corrected chi connectivity index (χ2v) is 6.52. The van der Waals surface area contributed by atoms with Crippen LogP contribution in [0.25, 0.3) is 11.1 Å². The molecule has 8 heteroatoms. The third-order valence-electron chi connectivity index (χ3n) is 4.40. The highest BCUT2D eigenvalue weighted by atomic mass is 16.5. The van der Waals surface area contributed by atoms with Gasteiger partial charge in [0.2, 0.25) is 0 Å². The zero-order valence-corrected chi connectivity index (χ0v) is 16.8. The molecule has 0 saturated carbocycles. The molecule has 3 rings (SSSR count). The number of carboxylic acids is 2. The lowest BCUT2D eigenvalue weighted by Crippen LogP contribution is -2.40. The zero-order chi connectivity index (χ0) is 21.6. The number of carboxylic acid groups (broad SMARTS) is 2. The lowest BCUT2D eigenvalue weighted by atomic mass is 10.1.